The van der Waals surface area contributed by atoms with Crippen molar-refractivity contribution in [3.8, 4) is 0 Å². The standard InChI is InChI=1S/C12H12ClNO4/c13-8-3-1-2-7(6-8)10-9(11(15)16)4-5-14(10)12(17)18/h1-3,6,9-10H,4-5H2,(H,15,16)(H,17,18). The minimum atomic E-state index is -1.11. The fraction of sp³-hybridized carbons (Fsp3) is 0.333. The van der Waals surface area contributed by atoms with Crippen LogP contribution in [0.2, 0.25) is 5.02 Å². The second kappa shape index (κ2) is 4.86. The number of carboxylic acid groups (broad SMARTS) is 2. The highest BCUT2D eigenvalue weighted by Gasteiger charge is 2.42. The van der Waals surface area contributed by atoms with Crippen LogP contribution in [0.3, 0.4) is 0 Å². The van der Waals surface area contributed by atoms with E-state index in [0.717, 1.165) is 4.90 Å². The second-order valence-corrected chi connectivity index (χ2v) is 4.65. The monoisotopic (exact) mass is 269 g/mol. The zero-order valence-corrected chi connectivity index (χ0v) is 10.2. The molecule has 0 saturated carbocycles. The molecule has 0 spiro atoms. The Morgan fingerprint density at radius 3 is 2.61 bits per heavy atom. The molecular weight excluding hydrogens is 258 g/mol. The van der Waals surface area contributed by atoms with Crippen LogP contribution in [-0.4, -0.2) is 33.7 Å². The van der Waals surface area contributed by atoms with Crippen molar-refractivity contribution in [2.24, 2.45) is 5.92 Å². The van der Waals surface area contributed by atoms with Gasteiger partial charge >= 0.3 is 12.1 Å². The van der Waals surface area contributed by atoms with Gasteiger partial charge in [0.25, 0.3) is 0 Å². The molecule has 0 aromatic heterocycles. The average Bonchev–Trinajstić information content (AvgIpc) is 2.73. The molecule has 0 bridgehead atoms. The average molecular weight is 270 g/mol. The van der Waals surface area contributed by atoms with Gasteiger partial charge in [0.05, 0.1) is 12.0 Å². The topological polar surface area (TPSA) is 77.8 Å². The summed E-state index contributed by atoms with van der Waals surface area (Å²) in [6.07, 6.45) is -0.789. The van der Waals surface area contributed by atoms with Crippen LogP contribution in [0.15, 0.2) is 24.3 Å². The van der Waals surface area contributed by atoms with Gasteiger partial charge in [-0.05, 0) is 24.1 Å². The summed E-state index contributed by atoms with van der Waals surface area (Å²) < 4.78 is 0. The van der Waals surface area contributed by atoms with Crippen LogP contribution in [0.4, 0.5) is 4.79 Å². The zero-order valence-electron chi connectivity index (χ0n) is 9.41. The highest BCUT2D eigenvalue weighted by molar-refractivity contribution is 6.30. The Labute approximate surface area is 109 Å². The van der Waals surface area contributed by atoms with E-state index in [0.29, 0.717) is 17.0 Å². The molecular formula is C12H12ClNO4. The lowest BCUT2D eigenvalue weighted by atomic mass is 9.94. The maximum Gasteiger partial charge on any atom is 0.407 e. The molecule has 6 heteroatoms. The highest BCUT2D eigenvalue weighted by Crippen LogP contribution is 2.38. The summed E-state index contributed by atoms with van der Waals surface area (Å²) >= 11 is 5.86. The molecule has 2 atom stereocenters. The second-order valence-electron chi connectivity index (χ2n) is 4.21. The fourth-order valence-electron chi connectivity index (χ4n) is 2.37. The van der Waals surface area contributed by atoms with E-state index in [1.165, 1.54) is 0 Å². The maximum atomic E-state index is 11.2. The number of halogens is 1. The third kappa shape index (κ3) is 2.26. The predicted molar refractivity (Wildman–Crippen MR) is 64.7 cm³/mol. The summed E-state index contributed by atoms with van der Waals surface area (Å²) in [5.41, 5.74) is 0.620. The Bertz CT molecular complexity index is 469. The number of benzene rings is 1. The first-order chi connectivity index (χ1) is 8.50. The van der Waals surface area contributed by atoms with Gasteiger partial charge in [-0.15, -0.1) is 0 Å². The largest absolute Gasteiger partial charge is 0.481 e. The van der Waals surface area contributed by atoms with Crippen LogP contribution in [0.5, 0.6) is 0 Å². The molecule has 1 heterocycles. The third-order valence-electron chi connectivity index (χ3n) is 3.15. The smallest absolute Gasteiger partial charge is 0.407 e. The van der Waals surface area contributed by atoms with E-state index in [2.05, 4.69) is 0 Å². The first kappa shape index (κ1) is 12.7. The SMILES string of the molecule is O=C(O)C1CCN(C(=O)O)C1c1cccc(Cl)c1. The van der Waals surface area contributed by atoms with Gasteiger partial charge in [0.1, 0.15) is 0 Å². The first-order valence-electron chi connectivity index (χ1n) is 5.48. The van der Waals surface area contributed by atoms with Crippen molar-refractivity contribution in [3.63, 3.8) is 0 Å². The molecule has 2 unspecified atom stereocenters. The summed E-state index contributed by atoms with van der Waals surface area (Å²) in [6, 6.07) is 6.01. The van der Waals surface area contributed by atoms with E-state index >= 15 is 0 Å². The van der Waals surface area contributed by atoms with Crippen molar-refractivity contribution in [2.45, 2.75) is 12.5 Å². The van der Waals surface area contributed by atoms with Gasteiger partial charge in [-0.1, -0.05) is 23.7 Å². The lowest BCUT2D eigenvalue weighted by Crippen LogP contribution is -2.32. The van der Waals surface area contributed by atoms with Crippen molar-refractivity contribution >= 4 is 23.7 Å². The third-order valence-corrected chi connectivity index (χ3v) is 3.39. The molecule has 1 aliphatic heterocycles. The zero-order chi connectivity index (χ0) is 13.3. The van der Waals surface area contributed by atoms with Gasteiger partial charge < -0.3 is 15.1 Å². The number of carboxylic acids is 1. The van der Waals surface area contributed by atoms with Crippen LogP contribution in [0.25, 0.3) is 0 Å². The fourth-order valence-corrected chi connectivity index (χ4v) is 2.57. The van der Waals surface area contributed by atoms with Gasteiger partial charge in [-0.3, -0.25) is 4.79 Å². The number of hydrogen-bond acceptors (Lipinski definition) is 2. The number of hydrogen-bond donors (Lipinski definition) is 2. The molecule has 1 amide bonds. The van der Waals surface area contributed by atoms with Gasteiger partial charge in [0.2, 0.25) is 0 Å². The number of aliphatic carboxylic acids is 1. The Hall–Kier alpha value is -1.75. The molecule has 0 aliphatic carbocycles. The van der Waals surface area contributed by atoms with Crippen molar-refractivity contribution in [1.82, 2.24) is 4.90 Å². The molecule has 1 aromatic carbocycles. The van der Waals surface area contributed by atoms with Crippen molar-refractivity contribution < 1.29 is 19.8 Å². The molecule has 1 saturated heterocycles. The van der Waals surface area contributed by atoms with Crippen LogP contribution >= 0.6 is 11.6 Å². The first-order valence-corrected chi connectivity index (χ1v) is 5.86. The molecule has 18 heavy (non-hydrogen) atoms. The Morgan fingerprint density at radius 2 is 2.06 bits per heavy atom. The van der Waals surface area contributed by atoms with Crippen molar-refractivity contribution in [3.05, 3.63) is 34.9 Å². The molecule has 0 radical (unpaired) electrons. The van der Waals surface area contributed by atoms with E-state index in [4.69, 9.17) is 21.8 Å². The Morgan fingerprint density at radius 1 is 1.33 bits per heavy atom. The van der Waals surface area contributed by atoms with E-state index < -0.39 is 24.0 Å². The minimum Gasteiger partial charge on any atom is -0.481 e. The number of nitrogens with zero attached hydrogens (tertiary/aromatic N) is 1. The van der Waals surface area contributed by atoms with Crippen LogP contribution in [0.1, 0.15) is 18.0 Å². The lowest BCUT2D eigenvalue weighted by molar-refractivity contribution is -0.142. The highest BCUT2D eigenvalue weighted by atomic mass is 35.5. The molecule has 1 aliphatic rings. The van der Waals surface area contributed by atoms with Gasteiger partial charge in [0.15, 0.2) is 0 Å². The van der Waals surface area contributed by atoms with Gasteiger partial charge in [-0.25, -0.2) is 4.79 Å². The summed E-state index contributed by atoms with van der Waals surface area (Å²) in [6.45, 7) is 0.226. The molecule has 1 aromatic rings. The Kier molecular flexibility index (Phi) is 3.43. The number of rotatable bonds is 2. The van der Waals surface area contributed by atoms with Crippen LogP contribution in [0, 0.1) is 5.92 Å². The normalized spacial score (nSPS) is 23.1. The van der Waals surface area contributed by atoms with Crippen molar-refractivity contribution in [2.75, 3.05) is 6.54 Å². The summed E-state index contributed by atoms with van der Waals surface area (Å²) in [5.74, 6) is -1.71. The van der Waals surface area contributed by atoms with E-state index in [1.54, 1.807) is 24.3 Å². The molecule has 2 rings (SSSR count). The van der Waals surface area contributed by atoms with Crippen LogP contribution < -0.4 is 0 Å². The number of carbonyl (C=O) groups is 2. The Balaban J connectivity index is 2.40. The lowest BCUT2D eigenvalue weighted by Gasteiger charge is -2.24. The van der Waals surface area contributed by atoms with E-state index in [9.17, 15) is 9.59 Å². The summed E-state index contributed by atoms with van der Waals surface area (Å²) in [5, 5.41) is 18.7. The van der Waals surface area contributed by atoms with E-state index in [1.807, 2.05) is 0 Å². The number of likely N-dealkylation sites (tertiary alicyclic amines) is 1. The van der Waals surface area contributed by atoms with E-state index in [-0.39, 0.29) is 6.54 Å². The molecule has 5 nitrogen and oxygen atoms in total. The predicted octanol–water partition coefficient (Wildman–Crippen LogP) is 2.47. The number of amides is 1. The van der Waals surface area contributed by atoms with Gasteiger partial charge in [-0.2, -0.15) is 0 Å². The molecule has 96 valence electrons. The quantitative estimate of drug-likeness (QED) is 0.864. The minimum absolute atomic E-state index is 0.226. The maximum absolute atomic E-state index is 11.2. The van der Waals surface area contributed by atoms with Gasteiger partial charge in [0, 0.05) is 11.6 Å². The van der Waals surface area contributed by atoms with Crippen molar-refractivity contribution in [1.29, 1.82) is 0 Å². The molecule has 2 N–H and O–H groups in total. The summed E-state index contributed by atoms with van der Waals surface area (Å²) in [4.78, 5) is 23.5. The van der Waals surface area contributed by atoms with Crippen LogP contribution in [-0.2, 0) is 4.79 Å². The summed E-state index contributed by atoms with van der Waals surface area (Å²) in [7, 11) is 0. The molecule has 1 fully saturated rings.